The third kappa shape index (κ3) is 2.30. The minimum absolute atomic E-state index is 0.00357. The van der Waals surface area contributed by atoms with Crippen molar-refractivity contribution in [2.75, 3.05) is 11.5 Å². The summed E-state index contributed by atoms with van der Waals surface area (Å²) in [5.74, 6) is -0.188. The molecule has 2 aromatic heterocycles. The van der Waals surface area contributed by atoms with E-state index in [1.807, 2.05) is 19.9 Å². The van der Waals surface area contributed by atoms with Gasteiger partial charge in [-0.2, -0.15) is 0 Å². The molecule has 0 unspecified atom stereocenters. The molecule has 0 atom stereocenters. The van der Waals surface area contributed by atoms with Crippen molar-refractivity contribution in [1.82, 2.24) is 19.5 Å². The molecule has 98 valence electrons. The summed E-state index contributed by atoms with van der Waals surface area (Å²) >= 11 is 0. The lowest BCUT2D eigenvalue weighted by atomic mass is 10.2. The molecular weight excluding hydrogens is 244 g/mol. The van der Waals surface area contributed by atoms with E-state index in [9.17, 15) is 4.79 Å². The zero-order chi connectivity index (χ0) is 14.0. The van der Waals surface area contributed by atoms with Crippen LogP contribution in [-0.2, 0) is 0 Å². The second kappa shape index (κ2) is 4.89. The Morgan fingerprint density at radius 2 is 1.95 bits per heavy atom. The average Bonchev–Trinajstić information content (AvgIpc) is 2.91. The van der Waals surface area contributed by atoms with E-state index >= 15 is 0 Å². The normalized spacial score (nSPS) is 11.6. The van der Waals surface area contributed by atoms with Gasteiger partial charge in [0, 0.05) is 12.4 Å². The lowest BCUT2D eigenvalue weighted by Crippen LogP contribution is -2.17. The van der Waals surface area contributed by atoms with Gasteiger partial charge in [0.05, 0.1) is 0 Å². The Bertz CT molecular complexity index is 644. The molecule has 7 heteroatoms. The van der Waals surface area contributed by atoms with E-state index in [1.54, 1.807) is 0 Å². The smallest absolute Gasteiger partial charge is 0.285 e. The second-order valence-electron chi connectivity index (χ2n) is 3.94. The Morgan fingerprint density at radius 1 is 1.26 bits per heavy atom. The van der Waals surface area contributed by atoms with Crippen LogP contribution in [0.25, 0.3) is 5.57 Å². The van der Waals surface area contributed by atoms with Gasteiger partial charge in [-0.1, -0.05) is 6.08 Å². The number of nitrogen functional groups attached to an aromatic ring is 2. The van der Waals surface area contributed by atoms with Crippen LogP contribution in [0.1, 0.15) is 30.0 Å². The first-order valence-electron chi connectivity index (χ1n) is 5.63. The van der Waals surface area contributed by atoms with Crippen molar-refractivity contribution in [1.29, 1.82) is 0 Å². The van der Waals surface area contributed by atoms with E-state index in [0.29, 0.717) is 5.69 Å². The van der Waals surface area contributed by atoms with Crippen LogP contribution in [0.15, 0.2) is 24.8 Å². The summed E-state index contributed by atoms with van der Waals surface area (Å²) < 4.78 is 1.28. The highest BCUT2D eigenvalue weighted by Crippen LogP contribution is 2.20. The van der Waals surface area contributed by atoms with Crippen LogP contribution >= 0.6 is 0 Å². The summed E-state index contributed by atoms with van der Waals surface area (Å²) in [5.41, 5.74) is 12.8. The molecule has 0 saturated carbocycles. The number of nitrogens with zero attached hydrogens (tertiary/aromatic N) is 4. The molecule has 19 heavy (non-hydrogen) atoms. The van der Waals surface area contributed by atoms with Gasteiger partial charge in [0.15, 0.2) is 17.3 Å². The van der Waals surface area contributed by atoms with E-state index in [2.05, 4.69) is 15.0 Å². The third-order valence-electron chi connectivity index (χ3n) is 2.70. The van der Waals surface area contributed by atoms with Gasteiger partial charge in [0.2, 0.25) is 0 Å². The molecule has 0 fully saturated rings. The Morgan fingerprint density at radius 3 is 2.53 bits per heavy atom. The van der Waals surface area contributed by atoms with Gasteiger partial charge < -0.3 is 11.5 Å². The maximum absolute atomic E-state index is 12.2. The predicted molar refractivity (Wildman–Crippen MR) is 72.1 cm³/mol. The molecule has 0 aliphatic rings. The van der Waals surface area contributed by atoms with Crippen LogP contribution in [0, 0.1) is 0 Å². The summed E-state index contributed by atoms with van der Waals surface area (Å²) in [6.45, 7) is 3.69. The predicted octanol–water partition coefficient (Wildman–Crippen LogP) is 0.949. The van der Waals surface area contributed by atoms with Crippen molar-refractivity contribution in [3.8, 4) is 0 Å². The number of hydrogen-bond donors (Lipinski definition) is 2. The molecule has 0 bridgehead atoms. The monoisotopic (exact) mass is 258 g/mol. The highest BCUT2D eigenvalue weighted by atomic mass is 16.2. The number of anilines is 2. The van der Waals surface area contributed by atoms with E-state index in [-0.39, 0.29) is 17.3 Å². The van der Waals surface area contributed by atoms with Gasteiger partial charge in [-0.15, -0.1) is 0 Å². The average molecular weight is 258 g/mol. The fourth-order valence-electron chi connectivity index (χ4n) is 1.55. The number of hydrogen-bond acceptors (Lipinski definition) is 6. The number of nitrogens with two attached hydrogens (primary N) is 2. The maximum atomic E-state index is 12.2. The molecule has 0 saturated heterocycles. The van der Waals surface area contributed by atoms with Crippen LogP contribution in [0.5, 0.6) is 0 Å². The number of rotatable bonds is 2. The number of carbonyl (C=O) groups excluding carboxylic acids is 1. The lowest BCUT2D eigenvalue weighted by molar-refractivity contribution is 0.0955. The first kappa shape index (κ1) is 12.7. The van der Waals surface area contributed by atoms with Crippen molar-refractivity contribution in [2.24, 2.45) is 0 Å². The molecule has 0 amide bonds. The first-order chi connectivity index (χ1) is 9.04. The summed E-state index contributed by atoms with van der Waals surface area (Å²) in [5, 5.41) is 0. The van der Waals surface area contributed by atoms with Gasteiger partial charge in [0.25, 0.3) is 5.91 Å². The maximum Gasteiger partial charge on any atom is 0.285 e. The molecule has 0 radical (unpaired) electrons. The summed E-state index contributed by atoms with van der Waals surface area (Å²) in [7, 11) is 0. The molecule has 7 nitrogen and oxygen atoms in total. The van der Waals surface area contributed by atoms with E-state index in [0.717, 1.165) is 5.57 Å². The highest BCUT2D eigenvalue weighted by Gasteiger charge is 2.18. The Hall–Kier alpha value is -2.70. The van der Waals surface area contributed by atoms with E-state index < -0.39 is 5.91 Å². The standard InChI is InChI=1S/C12H14N6O/c1-3-7(2)8-10(13)17-11(14)9(16-8)12(19)18-5-4-15-6-18/h3-6H,1-2H3,(H4,13,14,17)/b7-3-. The van der Waals surface area contributed by atoms with Crippen LogP contribution in [0.3, 0.4) is 0 Å². The fourth-order valence-corrected chi connectivity index (χ4v) is 1.55. The Balaban J connectivity index is 2.55. The number of imidazole rings is 1. The molecule has 0 spiro atoms. The van der Waals surface area contributed by atoms with Crippen molar-refractivity contribution < 1.29 is 4.79 Å². The van der Waals surface area contributed by atoms with Gasteiger partial charge in [-0.05, 0) is 19.4 Å². The van der Waals surface area contributed by atoms with Gasteiger partial charge in [-0.3, -0.25) is 9.36 Å². The van der Waals surface area contributed by atoms with Gasteiger partial charge in [-0.25, -0.2) is 15.0 Å². The third-order valence-corrected chi connectivity index (χ3v) is 2.70. The highest BCUT2D eigenvalue weighted by molar-refractivity contribution is 5.98. The van der Waals surface area contributed by atoms with Crippen molar-refractivity contribution in [3.05, 3.63) is 36.2 Å². The molecule has 0 aliphatic carbocycles. The Labute approximate surface area is 110 Å². The van der Waals surface area contributed by atoms with Crippen LogP contribution in [0.2, 0.25) is 0 Å². The topological polar surface area (TPSA) is 113 Å². The van der Waals surface area contributed by atoms with Gasteiger partial charge in [0.1, 0.15) is 12.0 Å². The quantitative estimate of drug-likeness (QED) is 0.829. The zero-order valence-electron chi connectivity index (χ0n) is 10.7. The van der Waals surface area contributed by atoms with Crippen LogP contribution < -0.4 is 11.5 Å². The molecule has 2 aromatic rings. The lowest BCUT2D eigenvalue weighted by Gasteiger charge is -2.09. The fraction of sp³-hybridized carbons (Fsp3) is 0.167. The van der Waals surface area contributed by atoms with Crippen LogP contribution in [-0.4, -0.2) is 25.4 Å². The van der Waals surface area contributed by atoms with Crippen molar-refractivity contribution in [3.63, 3.8) is 0 Å². The number of allylic oxidation sites excluding steroid dienone is 2. The first-order valence-corrected chi connectivity index (χ1v) is 5.63. The summed E-state index contributed by atoms with van der Waals surface area (Å²) in [6, 6.07) is 0. The van der Waals surface area contributed by atoms with Crippen molar-refractivity contribution in [2.45, 2.75) is 13.8 Å². The van der Waals surface area contributed by atoms with E-state index in [1.165, 1.54) is 23.3 Å². The molecule has 4 N–H and O–H groups in total. The van der Waals surface area contributed by atoms with Crippen LogP contribution in [0.4, 0.5) is 11.6 Å². The SMILES string of the molecule is C/C=C(/C)c1nc(C(=O)n2ccnc2)c(N)nc1N. The summed E-state index contributed by atoms with van der Waals surface area (Å²) in [6.07, 6.45) is 6.23. The largest absolute Gasteiger partial charge is 0.382 e. The molecule has 2 heterocycles. The second-order valence-corrected chi connectivity index (χ2v) is 3.94. The number of carbonyl (C=O) groups is 1. The zero-order valence-corrected chi connectivity index (χ0v) is 10.7. The minimum Gasteiger partial charge on any atom is -0.382 e. The molecule has 0 aromatic carbocycles. The van der Waals surface area contributed by atoms with E-state index in [4.69, 9.17) is 11.5 Å². The molecule has 0 aliphatic heterocycles. The Kier molecular flexibility index (Phi) is 3.28. The minimum atomic E-state index is -0.396. The van der Waals surface area contributed by atoms with Gasteiger partial charge >= 0.3 is 0 Å². The molecule has 2 rings (SSSR count). The van der Waals surface area contributed by atoms with Crippen molar-refractivity contribution >= 4 is 23.1 Å². The number of aromatic nitrogens is 4. The molecular formula is C12H14N6O. The summed E-state index contributed by atoms with van der Waals surface area (Å²) in [4.78, 5) is 24.2.